The Bertz CT molecular complexity index is 1370. The molecule has 1 unspecified atom stereocenters. The van der Waals surface area contributed by atoms with E-state index in [0.717, 1.165) is 24.1 Å². The second-order valence-electron chi connectivity index (χ2n) is 10.2. The predicted octanol–water partition coefficient (Wildman–Crippen LogP) is 4.08. The number of methoxy groups -OCH3 is 2. The fourth-order valence-corrected chi connectivity index (χ4v) is 7.09. The number of hydrogen-bond donors (Lipinski definition) is 1. The normalized spacial score (nSPS) is 20.2. The number of ether oxygens (including phenoxy) is 2. The molecule has 3 aliphatic rings. The maximum atomic E-state index is 13.5. The maximum Gasteiger partial charge on any atom is 0.243 e. The van der Waals surface area contributed by atoms with Crippen molar-refractivity contribution in [2.75, 3.05) is 37.5 Å². The summed E-state index contributed by atoms with van der Waals surface area (Å²) in [6.07, 6.45) is 3.28. The van der Waals surface area contributed by atoms with Crippen molar-refractivity contribution in [1.29, 1.82) is 0 Å². The van der Waals surface area contributed by atoms with Gasteiger partial charge in [-0.05, 0) is 68.9 Å². The van der Waals surface area contributed by atoms with Crippen LogP contribution in [0.5, 0.6) is 11.5 Å². The van der Waals surface area contributed by atoms with Gasteiger partial charge in [-0.15, -0.1) is 0 Å². The third-order valence-electron chi connectivity index (χ3n) is 7.62. The minimum absolute atomic E-state index is 0.0181. The number of benzene rings is 2. The van der Waals surface area contributed by atoms with Gasteiger partial charge in [-0.25, -0.2) is 8.42 Å². The zero-order valence-corrected chi connectivity index (χ0v) is 23.3. The van der Waals surface area contributed by atoms with Crippen LogP contribution in [0.1, 0.15) is 38.2 Å². The quantitative estimate of drug-likeness (QED) is 0.546. The Morgan fingerprint density at radius 3 is 2.29 bits per heavy atom. The summed E-state index contributed by atoms with van der Waals surface area (Å²) in [7, 11) is -0.743. The molecule has 2 aromatic rings. The highest BCUT2D eigenvalue weighted by Crippen LogP contribution is 2.40. The number of rotatable bonds is 7. The zero-order chi connectivity index (χ0) is 27.2. The van der Waals surface area contributed by atoms with Crippen LogP contribution in [0.15, 0.2) is 35.2 Å². The molecule has 1 atom stereocenters. The van der Waals surface area contributed by atoms with Gasteiger partial charge in [0.25, 0.3) is 0 Å². The standard InChI is InChI=1S/C27H32ClN3O6S/c1-16-12-19-13-20(6-7-23(19)31(16)27(33)18-4-5-18)38(34,35)30-10-8-17(9-11-30)26(32)29-22-14-21(28)24(36-2)15-25(22)37-3/h6-7,13-18H,4-5,8-12H2,1-3H3,(H,29,32). The fourth-order valence-electron chi connectivity index (χ4n) is 5.33. The molecule has 11 heteroatoms. The highest BCUT2D eigenvalue weighted by atomic mass is 35.5. The molecule has 1 saturated heterocycles. The first kappa shape index (κ1) is 26.8. The molecule has 2 heterocycles. The molecule has 0 bridgehead atoms. The summed E-state index contributed by atoms with van der Waals surface area (Å²) in [6.45, 7) is 2.47. The first-order chi connectivity index (χ1) is 18.1. The molecule has 0 spiro atoms. The SMILES string of the molecule is COc1cc(OC)c(NC(=O)C2CCN(S(=O)(=O)c3ccc4c(c3)CC(C)N4C(=O)C3CC3)CC2)cc1Cl. The van der Waals surface area contributed by atoms with Gasteiger partial charge in [-0.2, -0.15) is 4.31 Å². The van der Waals surface area contributed by atoms with E-state index in [9.17, 15) is 18.0 Å². The van der Waals surface area contributed by atoms with Gasteiger partial charge in [-0.1, -0.05) is 11.6 Å². The molecule has 2 fully saturated rings. The van der Waals surface area contributed by atoms with E-state index >= 15 is 0 Å². The molecule has 1 saturated carbocycles. The largest absolute Gasteiger partial charge is 0.495 e. The molecular formula is C27H32ClN3O6S. The summed E-state index contributed by atoms with van der Waals surface area (Å²) in [5, 5.41) is 3.20. The van der Waals surface area contributed by atoms with E-state index in [1.54, 1.807) is 30.3 Å². The van der Waals surface area contributed by atoms with E-state index in [4.69, 9.17) is 21.1 Å². The minimum Gasteiger partial charge on any atom is -0.495 e. The van der Waals surface area contributed by atoms with Gasteiger partial charge >= 0.3 is 0 Å². The van der Waals surface area contributed by atoms with E-state index in [2.05, 4.69) is 5.32 Å². The van der Waals surface area contributed by atoms with E-state index in [0.29, 0.717) is 41.5 Å². The van der Waals surface area contributed by atoms with Crippen LogP contribution in [-0.2, 0) is 26.0 Å². The summed E-state index contributed by atoms with van der Waals surface area (Å²) in [5.41, 5.74) is 2.13. The Kier molecular flexibility index (Phi) is 7.32. The smallest absolute Gasteiger partial charge is 0.243 e. The molecule has 1 N–H and O–H groups in total. The van der Waals surface area contributed by atoms with Crippen molar-refractivity contribution in [3.8, 4) is 11.5 Å². The van der Waals surface area contributed by atoms with Crippen LogP contribution in [-0.4, -0.2) is 57.9 Å². The summed E-state index contributed by atoms with van der Waals surface area (Å²) in [4.78, 5) is 27.8. The summed E-state index contributed by atoms with van der Waals surface area (Å²) >= 11 is 6.21. The van der Waals surface area contributed by atoms with Gasteiger partial charge in [0.1, 0.15) is 11.5 Å². The monoisotopic (exact) mass is 561 g/mol. The van der Waals surface area contributed by atoms with Crippen molar-refractivity contribution in [2.24, 2.45) is 11.8 Å². The Balaban J connectivity index is 1.24. The molecule has 0 aromatic heterocycles. The molecule has 204 valence electrons. The van der Waals surface area contributed by atoms with Crippen LogP contribution in [0.2, 0.25) is 5.02 Å². The number of fused-ring (bicyclic) bond motifs is 1. The topological polar surface area (TPSA) is 105 Å². The molecular weight excluding hydrogens is 530 g/mol. The van der Waals surface area contributed by atoms with Crippen molar-refractivity contribution in [2.45, 2.75) is 50.0 Å². The van der Waals surface area contributed by atoms with E-state index in [1.807, 2.05) is 11.8 Å². The highest BCUT2D eigenvalue weighted by molar-refractivity contribution is 7.89. The van der Waals surface area contributed by atoms with Gasteiger partial charge in [0.2, 0.25) is 21.8 Å². The lowest BCUT2D eigenvalue weighted by atomic mass is 9.97. The van der Waals surface area contributed by atoms with Crippen LogP contribution >= 0.6 is 11.6 Å². The lowest BCUT2D eigenvalue weighted by Gasteiger charge is -2.31. The lowest BCUT2D eigenvalue weighted by Crippen LogP contribution is -2.41. The zero-order valence-electron chi connectivity index (χ0n) is 21.7. The van der Waals surface area contributed by atoms with Crippen molar-refractivity contribution < 1.29 is 27.5 Å². The van der Waals surface area contributed by atoms with Gasteiger partial charge in [0.15, 0.2) is 0 Å². The van der Waals surface area contributed by atoms with Crippen LogP contribution in [0.25, 0.3) is 0 Å². The van der Waals surface area contributed by atoms with E-state index in [1.165, 1.54) is 18.5 Å². The number of amides is 2. The van der Waals surface area contributed by atoms with Crippen molar-refractivity contribution in [3.63, 3.8) is 0 Å². The summed E-state index contributed by atoms with van der Waals surface area (Å²) in [6, 6.07) is 8.26. The van der Waals surface area contributed by atoms with Gasteiger partial charge in [-0.3, -0.25) is 9.59 Å². The minimum atomic E-state index is -3.73. The first-order valence-corrected chi connectivity index (χ1v) is 14.6. The van der Waals surface area contributed by atoms with Crippen LogP contribution in [0.4, 0.5) is 11.4 Å². The average molecular weight is 562 g/mol. The number of nitrogens with one attached hydrogen (secondary N) is 1. The summed E-state index contributed by atoms with van der Waals surface area (Å²) < 4.78 is 38.9. The molecule has 38 heavy (non-hydrogen) atoms. The second kappa shape index (κ2) is 10.4. The van der Waals surface area contributed by atoms with Crippen molar-refractivity contribution in [3.05, 3.63) is 40.9 Å². The molecule has 5 rings (SSSR count). The lowest BCUT2D eigenvalue weighted by molar-refractivity contribution is -0.121. The third-order valence-corrected chi connectivity index (χ3v) is 9.81. The van der Waals surface area contributed by atoms with Crippen molar-refractivity contribution in [1.82, 2.24) is 4.31 Å². The highest BCUT2D eigenvalue weighted by Gasteiger charge is 2.40. The number of anilines is 2. The predicted molar refractivity (Wildman–Crippen MR) is 144 cm³/mol. The number of carbonyl (C=O) groups excluding carboxylic acids is 2. The Hall–Kier alpha value is -2.82. The number of sulfonamides is 1. The van der Waals surface area contributed by atoms with Crippen LogP contribution in [0, 0.1) is 11.8 Å². The summed E-state index contributed by atoms with van der Waals surface area (Å²) in [5.74, 6) is 0.532. The van der Waals surface area contributed by atoms with Crippen LogP contribution < -0.4 is 19.7 Å². The van der Waals surface area contributed by atoms with Gasteiger partial charge in [0, 0.05) is 42.7 Å². The third kappa shape index (κ3) is 4.97. The number of piperidine rings is 1. The second-order valence-corrected chi connectivity index (χ2v) is 12.5. The molecule has 2 amide bonds. The first-order valence-electron chi connectivity index (χ1n) is 12.8. The number of nitrogens with zero attached hydrogens (tertiary/aromatic N) is 2. The number of hydrogen-bond acceptors (Lipinski definition) is 6. The average Bonchev–Trinajstić information content (AvgIpc) is 3.70. The molecule has 0 radical (unpaired) electrons. The van der Waals surface area contributed by atoms with E-state index in [-0.39, 0.29) is 47.7 Å². The van der Waals surface area contributed by atoms with E-state index < -0.39 is 10.0 Å². The van der Waals surface area contributed by atoms with Gasteiger partial charge in [0.05, 0.1) is 29.8 Å². The number of halogens is 1. The number of carbonyl (C=O) groups is 2. The van der Waals surface area contributed by atoms with Gasteiger partial charge < -0.3 is 19.7 Å². The van der Waals surface area contributed by atoms with Crippen LogP contribution in [0.3, 0.4) is 0 Å². The molecule has 2 aliphatic heterocycles. The molecule has 9 nitrogen and oxygen atoms in total. The Morgan fingerprint density at radius 1 is 0.974 bits per heavy atom. The fraction of sp³-hybridized carbons (Fsp3) is 0.481. The van der Waals surface area contributed by atoms with Crippen molar-refractivity contribution >= 4 is 44.8 Å². The Morgan fingerprint density at radius 2 is 1.66 bits per heavy atom. The molecule has 2 aromatic carbocycles. The maximum absolute atomic E-state index is 13.5. The molecule has 1 aliphatic carbocycles. The Labute approximate surface area is 228 Å².